The molecule has 0 aliphatic heterocycles. The highest BCUT2D eigenvalue weighted by Crippen LogP contribution is 2.20. The zero-order valence-electron chi connectivity index (χ0n) is 11.3. The molecule has 3 N–H and O–H groups in total. The van der Waals surface area contributed by atoms with E-state index in [9.17, 15) is 8.42 Å². The lowest BCUT2D eigenvalue weighted by Crippen LogP contribution is -2.16. The van der Waals surface area contributed by atoms with Crippen LogP contribution in [0.15, 0.2) is 48.5 Å². The van der Waals surface area contributed by atoms with Crippen LogP contribution in [0.25, 0.3) is 0 Å². The Balaban J connectivity index is 2.22. The fourth-order valence-corrected chi connectivity index (χ4v) is 3.28. The van der Waals surface area contributed by atoms with Crippen LogP contribution in [0.1, 0.15) is 18.1 Å². The number of sulfonamides is 1. The van der Waals surface area contributed by atoms with Gasteiger partial charge in [0.2, 0.25) is 10.0 Å². The number of rotatable bonds is 5. The molecule has 20 heavy (non-hydrogen) atoms. The molecule has 0 unspecified atom stereocenters. The van der Waals surface area contributed by atoms with E-state index in [-0.39, 0.29) is 5.75 Å². The Kier molecular flexibility index (Phi) is 4.29. The first-order valence-electron chi connectivity index (χ1n) is 6.43. The van der Waals surface area contributed by atoms with Crippen LogP contribution in [0.3, 0.4) is 0 Å². The lowest BCUT2D eigenvalue weighted by molar-refractivity contribution is 0.600. The maximum absolute atomic E-state index is 12.2. The van der Waals surface area contributed by atoms with Gasteiger partial charge in [0.25, 0.3) is 0 Å². The lowest BCUT2D eigenvalue weighted by atomic mass is 10.1. The van der Waals surface area contributed by atoms with E-state index in [1.54, 1.807) is 30.3 Å². The fraction of sp³-hybridized carbons (Fsp3) is 0.200. The number of hydrogen-bond acceptors (Lipinski definition) is 3. The predicted octanol–water partition coefficient (Wildman–Crippen LogP) is 2.77. The molecule has 0 atom stereocenters. The van der Waals surface area contributed by atoms with Gasteiger partial charge in [0.05, 0.1) is 11.4 Å². The van der Waals surface area contributed by atoms with Crippen LogP contribution in [0.5, 0.6) is 0 Å². The Hall–Kier alpha value is -2.01. The van der Waals surface area contributed by atoms with E-state index < -0.39 is 10.0 Å². The second kappa shape index (κ2) is 5.96. The molecule has 0 saturated heterocycles. The number of anilines is 2. The van der Waals surface area contributed by atoms with Crippen LogP contribution in [0.4, 0.5) is 11.4 Å². The molecular weight excluding hydrogens is 272 g/mol. The molecule has 0 aliphatic carbocycles. The Morgan fingerprint density at radius 1 is 1.00 bits per heavy atom. The number of nitrogen functional groups attached to an aromatic ring is 1. The normalized spacial score (nSPS) is 11.2. The number of benzene rings is 2. The predicted molar refractivity (Wildman–Crippen MR) is 82.9 cm³/mol. The van der Waals surface area contributed by atoms with Gasteiger partial charge in [-0.05, 0) is 29.7 Å². The average Bonchev–Trinajstić information content (AvgIpc) is 2.41. The minimum Gasteiger partial charge on any atom is -0.398 e. The summed E-state index contributed by atoms with van der Waals surface area (Å²) >= 11 is 0. The number of hydrogen-bond donors (Lipinski definition) is 2. The van der Waals surface area contributed by atoms with E-state index in [1.807, 2.05) is 25.1 Å². The van der Waals surface area contributed by atoms with Gasteiger partial charge in [0.1, 0.15) is 0 Å². The van der Waals surface area contributed by atoms with E-state index in [0.29, 0.717) is 16.9 Å². The minimum atomic E-state index is -3.47. The SMILES string of the molecule is CCc1ccccc1NS(=O)(=O)Cc1ccccc1N. The van der Waals surface area contributed by atoms with Crippen molar-refractivity contribution in [3.63, 3.8) is 0 Å². The number of nitrogens with one attached hydrogen (secondary N) is 1. The van der Waals surface area contributed by atoms with E-state index >= 15 is 0 Å². The molecule has 0 aliphatic rings. The maximum Gasteiger partial charge on any atom is 0.237 e. The zero-order valence-corrected chi connectivity index (χ0v) is 12.2. The number of para-hydroxylation sites is 2. The molecule has 0 fully saturated rings. The second-order valence-electron chi connectivity index (χ2n) is 4.57. The van der Waals surface area contributed by atoms with Gasteiger partial charge in [-0.15, -0.1) is 0 Å². The van der Waals surface area contributed by atoms with Crippen molar-refractivity contribution in [3.8, 4) is 0 Å². The molecule has 2 aromatic rings. The third-order valence-electron chi connectivity index (χ3n) is 3.06. The maximum atomic E-state index is 12.2. The second-order valence-corrected chi connectivity index (χ2v) is 6.29. The molecule has 106 valence electrons. The van der Waals surface area contributed by atoms with Crippen molar-refractivity contribution in [2.45, 2.75) is 19.1 Å². The third kappa shape index (κ3) is 3.51. The Labute approximate surface area is 119 Å². The highest BCUT2D eigenvalue weighted by Gasteiger charge is 2.14. The summed E-state index contributed by atoms with van der Waals surface area (Å²) < 4.78 is 27.1. The highest BCUT2D eigenvalue weighted by molar-refractivity contribution is 7.91. The van der Waals surface area contributed by atoms with Crippen molar-refractivity contribution < 1.29 is 8.42 Å². The quantitative estimate of drug-likeness (QED) is 0.832. The standard InChI is InChI=1S/C15H18N2O2S/c1-2-12-7-4-6-10-15(12)17-20(18,19)11-13-8-3-5-9-14(13)16/h3-10,17H,2,11,16H2,1H3. The lowest BCUT2D eigenvalue weighted by Gasteiger charge is -2.12. The molecule has 0 saturated carbocycles. The molecular formula is C15H18N2O2S. The van der Waals surface area contributed by atoms with Crippen LogP contribution >= 0.6 is 0 Å². The van der Waals surface area contributed by atoms with Gasteiger partial charge in [0, 0.05) is 5.69 Å². The Morgan fingerprint density at radius 3 is 2.25 bits per heavy atom. The molecule has 2 rings (SSSR count). The molecule has 0 radical (unpaired) electrons. The number of nitrogens with two attached hydrogens (primary N) is 1. The molecule has 0 bridgehead atoms. The van der Waals surface area contributed by atoms with Crippen molar-refractivity contribution in [1.29, 1.82) is 0 Å². The van der Waals surface area contributed by atoms with Gasteiger partial charge in [-0.2, -0.15) is 0 Å². The molecule has 4 nitrogen and oxygen atoms in total. The summed E-state index contributed by atoms with van der Waals surface area (Å²) in [5, 5.41) is 0. The third-order valence-corrected chi connectivity index (χ3v) is 4.29. The van der Waals surface area contributed by atoms with Crippen molar-refractivity contribution in [2.24, 2.45) is 0 Å². The largest absolute Gasteiger partial charge is 0.398 e. The van der Waals surface area contributed by atoms with Gasteiger partial charge in [-0.3, -0.25) is 4.72 Å². The van der Waals surface area contributed by atoms with Gasteiger partial charge >= 0.3 is 0 Å². The van der Waals surface area contributed by atoms with Crippen molar-refractivity contribution in [1.82, 2.24) is 0 Å². The summed E-state index contributed by atoms with van der Waals surface area (Å²) in [6.07, 6.45) is 0.770. The highest BCUT2D eigenvalue weighted by atomic mass is 32.2. The van der Waals surface area contributed by atoms with E-state index in [0.717, 1.165) is 12.0 Å². The molecule has 0 heterocycles. The van der Waals surface area contributed by atoms with Crippen LogP contribution in [0.2, 0.25) is 0 Å². The van der Waals surface area contributed by atoms with Gasteiger partial charge in [0.15, 0.2) is 0 Å². The van der Waals surface area contributed by atoms with Crippen LogP contribution in [-0.4, -0.2) is 8.42 Å². The summed E-state index contributed by atoms with van der Waals surface area (Å²) in [7, 11) is -3.47. The van der Waals surface area contributed by atoms with E-state index in [1.165, 1.54) is 0 Å². The fourth-order valence-electron chi connectivity index (χ4n) is 2.00. The molecule has 0 spiro atoms. The van der Waals surface area contributed by atoms with Crippen LogP contribution < -0.4 is 10.5 Å². The smallest absolute Gasteiger partial charge is 0.237 e. The topological polar surface area (TPSA) is 72.2 Å². The first-order valence-corrected chi connectivity index (χ1v) is 8.09. The zero-order chi connectivity index (χ0) is 14.6. The molecule has 5 heteroatoms. The Morgan fingerprint density at radius 2 is 1.60 bits per heavy atom. The molecule has 0 aromatic heterocycles. The summed E-state index contributed by atoms with van der Waals surface area (Å²) in [6.45, 7) is 1.99. The molecule has 2 aromatic carbocycles. The van der Waals surface area contributed by atoms with Crippen LogP contribution in [0, 0.1) is 0 Å². The van der Waals surface area contributed by atoms with Crippen LogP contribution in [-0.2, 0) is 22.2 Å². The Bertz CT molecular complexity index is 697. The summed E-state index contributed by atoms with van der Waals surface area (Å²) in [5.41, 5.74) is 8.48. The molecule has 0 amide bonds. The summed E-state index contributed by atoms with van der Waals surface area (Å²) in [6, 6.07) is 14.4. The summed E-state index contributed by atoms with van der Waals surface area (Å²) in [5.74, 6) is -0.127. The van der Waals surface area contributed by atoms with Gasteiger partial charge in [-0.25, -0.2) is 8.42 Å². The minimum absolute atomic E-state index is 0.127. The van der Waals surface area contributed by atoms with Crippen molar-refractivity contribution >= 4 is 21.4 Å². The average molecular weight is 290 g/mol. The van der Waals surface area contributed by atoms with E-state index in [4.69, 9.17) is 5.73 Å². The monoisotopic (exact) mass is 290 g/mol. The first-order chi connectivity index (χ1) is 9.52. The van der Waals surface area contributed by atoms with E-state index in [2.05, 4.69) is 4.72 Å². The van der Waals surface area contributed by atoms with Gasteiger partial charge < -0.3 is 5.73 Å². The summed E-state index contributed by atoms with van der Waals surface area (Å²) in [4.78, 5) is 0. The number of aryl methyl sites for hydroxylation is 1. The van der Waals surface area contributed by atoms with Crippen molar-refractivity contribution in [3.05, 3.63) is 59.7 Å². The van der Waals surface area contributed by atoms with Crippen molar-refractivity contribution in [2.75, 3.05) is 10.5 Å². The van der Waals surface area contributed by atoms with Gasteiger partial charge in [-0.1, -0.05) is 43.3 Å². The first kappa shape index (κ1) is 14.4.